The first kappa shape index (κ1) is 74.8. The van der Waals surface area contributed by atoms with Gasteiger partial charge in [-0.25, -0.2) is 0 Å². The summed E-state index contributed by atoms with van der Waals surface area (Å²) in [7, 11) is 0. The maximum atomic E-state index is 5.03. The van der Waals surface area contributed by atoms with Crippen molar-refractivity contribution in [2.24, 2.45) is 9.98 Å². The summed E-state index contributed by atoms with van der Waals surface area (Å²) in [6, 6.07) is 17.4. The van der Waals surface area contributed by atoms with E-state index in [1.54, 1.807) is 0 Å². The number of hydrogen-bond donors (Lipinski definition) is 0. The maximum absolute atomic E-state index is 5.03. The zero-order chi connectivity index (χ0) is 55.4. The van der Waals surface area contributed by atoms with E-state index in [2.05, 4.69) is 93.6 Å². The van der Waals surface area contributed by atoms with Gasteiger partial charge < -0.3 is 0 Å². The van der Waals surface area contributed by atoms with Crippen LogP contribution < -0.4 is 0 Å². The number of hydrogen-bond acceptors (Lipinski definition) is 2. The third-order valence-corrected chi connectivity index (χ3v) is 16.8. The molecule has 2 nitrogen and oxygen atoms in total. The summed E-state index contributed by atoms with van der Waals surface area (Å²) in [5.41, 5.74) is 5.57. The first-order valence-electron chi connectivity index (χ1n) is 35.4. The van der Waals surface area contributed by atoms with Crippen LogP contribution in [0.15, 0.2) is 70.7 Å². The molecule has 0 aliphatic carbocycles. The predicted octanol–water partition coefficient (Wildman–Crippen LogP) is 27.7. The molecule has 0 bridgehead atoms. The Morgan fingerprint density at radius 3 is 0.759 bits per heavy atom. The maximum Gasteiger partial charge on any atom is 0.0634 e. The molecule has 79 heavy (non-hydrogen) atoms. The van der Waals surface area contributed by atoms with E-state index in [1.165, 1.54) is 345 Å². The van der Waals surface area contributed by atoms with Crippen LogP contribution in [0, 0.1) is 0 Å². The number of rotatable bonds is 60. The second kappa shape index (κ2) is 61.8. The molecule has 2 rings (SSSR count). The van der Waals surface area contributed by atoms with Gasteiger partial charge in [0.15, 0.2) is 0 Å². The fourth-order valence-corrected chi connectivity index (χ4v) is 11.4. The normalized spacial score (nSPS) is 12.1. The van der Waals surface area contributed by atoms with E-state index in [4.69, 9.17) is 9.98 Å². The second-order valence-electron chi connectivity index (χ2n) is 24.5. The summed E-state index contributed by atoms with van der Waals surface area (Å²) in [6.07, 6.45) is 89.1. The smallest absolute Gasteiger partial charge is 0.0634 e. The second-order valence-corrected chi connectivity index (χ2v) is 24.5. The molecule has 0 radical (unpaired) electrons. The van der Waals surface area contributed by atoms with Crippen molar-refractivity contribution in [1.82, 2.24) is 0 Å². The summed E-state index contributed by atoms with van der Waals surface area (Å²) < 4.78 is 0. The van der Waals surface area contributed by atoms with Gasteiger partial charge in [0.1, 0.15) is 0 Å². The van der Waals surface area contributed by atoms with Gasteiger partial charge in [-0.2, -0.15) is 0 Å². The van der Waals surface area contributed by atoms with Crippen LogP contribution in [0.25, 0.3) is 12.2 Å². The SMILES string of the molecule is CCCCCCCCCCCCCCCCCCCCCCCCCCCC=Cc1ccc(N=CC(CCCC)=Nc2ccc(C=CCCCCCCCCCCCCCCCCCCCCCCCCCCC)cc2)cc1.[Ni]. The minimum absolute atomic E-state index is 0. The molecule has 0 N–H and O–H groups in total. The Balaban J connectivity index is 0.0000312. The number of nitrogens with zero attached hydrogens (tertiary/aromatic N) is 2. The standard InChI is InChI=1S/C76H132N2.Ni/c1-4-7-10-12-14-16-18-20-22-24-26-28-30-32-34-36-38-40-42-44-46-48-50-52-54-56-58-60-72-63-67-74(68-64-72)77-71-76(62-9-6-3)78-75-69-65-73(66-70-75)61-59-57-55-53-51-49-47-45-43-41-39-37-35-33-31-29-27-25-23-21-19-17-15-13-11-8-5-2;/h58-61,63-71H,4-57,62H2,1-3H3;. The Morgan fingerprint density at radius 1 is 0.278 bits per heavy atom. The van der Waals surface area contributed by atoms with E-state index in [-0.39, 0.29) is 16.5 Å². The van der Waals surface area contributed by atoms with Crippen LogP contribution in [0.2, 0.25) is 0 Å². The Labute approximate surface area is 504 Å². The Kier molecular flexibility index (Phi) is 58.5. The predicted molar refractivity (Wildman–Crippen MR) is 357 cm³/mol. The van der Waals surface area contributed by atoms with Gasteiger partial charge in [-0.1, -0.05) is 384 Å². The van der Waals surface area contributed by atoms with Gasteiger partial charge in [0.25, 0.3) is 0 Å². The molecule has 456 valence electrons. The van der Waals surface area contributed by atoms with Gasteiger partial charge in [-0.3, -0.25) is 9.98 Å². The average Bonchev–Trinajstić information content (AvgIpc) is 3.46. The van der Waals surface area contributed by atoms with Crippen LogP contribution in [0.1, 0.15) is 385 Å². The van der Waals surface area contributed by atoms with Crippen molar-refractivity contribution in [2.45, 2.75) is 374 Å². The van der Waals surface area contributed by atoms with E-state index in [0.717, 1.165) is 36.3 Å². The van der Waals surface area contributed by atoms with Crippen molar-refractivity contribution in [3.63, 3.8) is 0 Å². The van der Waals surface area contributed by atoms with Crippen LogP contribution in [0.3, 0.4) is 0 Å². The van der Waals surface area contributed by atoms with Crippen molar-refractivity contribution in [3.05, 3.63) is 71.8 Å². The zero-order valence-corrected chi connectivity index (χ0v) is 54.1. The quantitative estimate of drug-likeness (QED) is 0.0358. The number of allylic oxidation sites excluding steroid dienone is 2. The van der Waals surface area contributed by atoms with E-state index in [1.807, 2.05) is 6.21 Å². The van der Waals surface area contributed by atoms with E-state index >= 15 is 0 Å². The van der Waals surface area contributed by atoms with Crippen LogP contribution >= 0.6 is 0 Å². The van der Waals surface area contributed by atoms with Gasteiger partial charge in [0.05, 0.1) is 17.1 Å². The Morgan fingerprint density at radius 2 is 0.506 bits per heavy atom. The largest absolute Gasteiger partial charge is 0.255 e. The Bertz CT molecular complexity index is 1620. The molecule has 0 amide bonds. The summed E-state index contributed by atoms with van der Waals surface area (Å²) in [5.74, 6) is 0. The summed E-state index contributed by atoms with van der Waals surface area (Å²) in [6.45, 7) is 6.87. The van der Waals surface area contributed by atoms with Crippen molar-refractivity contribution in [1.29, 1.82) is 0 Å². The van der Waals surface area contributed by atoms with Gasteiger partial charge in [-0.15, -0.1) is 0 Å². The van der Waals surface area contributed by atoms with E-state index in [0.29, 0.717) is 0 Å². The van der Waals surface area contributed by atoms with Gasteiger partial charge in [0, 0.05) is 22.7 Å². The summed E-state index contributed by atoms with van der Waals surface area (Å²) in [5, 5.41) is 0. The van der Waals surface area contributed by atoms with E-state index < -0.39 is 0 Å². The molecule has 0 spiro atoms. The molecular weight excluding hydrogens is 1000 g/mol. The topological polar surface area (TPSA) is 24.7 Å². The summed E-state index contributed by atoms with van der Waals surface area (Å²) >= 11 is 0. The molecule has 2 aromatic carbocycles. The van der Waals surface area contributed by atoms with Crippen molar-refractivity contribution >= 4 is 35.5 Å². The Hall–Kier alpha value is -2.25. The van der Waals surface area contributed by atoms with Gasteiger partial charge in [0.2, 0.25) is 0 Å². The molecule has 0 aliphatic rings. The van der Waals surface area contributed by atoms with Gasteiger partial charge >= 0.3 is 0 Å². The molecule has 0 atom stereocenters. The van der Waals surface area contributed by atoms with Crippen LogP contribution in [0.5, 0.6) is 0 Å². The molecule has 0 saturated heterocycles. The molecule has 0 aromatic heterocycles. The van der Waals surface area contributed by atoms with Crippen LogP contribution in [0.4, 0.5) is 11.4 Å². The molecule has 0 aliphatic heterocycles. The molecule has 2 aromatic rings. The third kappa shape index (κ3) is 52.3. The molecule has 0 fully saturated rings. The number of aliphatic imine (C=N–C) groups is 2. The molecule has 0 saturated carbocycles. The fourth-order valence-electron chi connectivity index (χ4n) is 11.4. The average molecular weight is 1130 g/mol. The third-order valence-electron chi connectivity index (χ3n) is 16.8. The minimum Gasteiger partial charge on any atom is -0.255 e. The van der Waals surface area contributed by atoms with Crippen LogP contribution in [-0.4, -0.2) is 11.9 Å². The molecule has 0 unspecified atom stereocenters. The zero-order valence-electron chi connectivity index (χ0n) is 53.1. The van der Waals surface area contributed by atoms with Crippen LogP contribution in [-0.2, 0) is 16.5 Å². The van der Waals surface area contributed by atoms with E-state index in [9.17, 15) is 0 Å². The van der Waals surface area contributed by atoms with Crippen molar-refractivity contribution in [3.8, 4) is 0 Å². The van der Waals surface area contributed by atoms with Crippen molar-refractivity contribution in [2.75, 3.05) is 0 Å². The van der Waals surface area contributed by atoms with Crippen molar-refractivity contribution < 1.29 is 16.5 Å². The summed E-state index contributed by atoms with van der Waals surface area (Å²) in [4.78, 5) is 9.87. The first-order valence-corrected chi connectivity index (χ1v) is 35.4. The first-order chi connectivity index (χ1) is 38.7. The monoisotopic (exact) mass is 1130 g/mol. The number of benzene rings is 2. The minimum atomic E-state index is 0. The molecular formula is C76H132N2Ni. The molecule has 0 heterocycles. The number of unbranched alkanes of at least 4 members (excludes halogenated alkanes) is 51. The van der Waals surface area contributed by atoms with Gasteiger partial charge in [-0.05, 0) is 73.9 Å². The fraction of sp³-hybridized carbons (Fsp3) is 0.763. The molecule has 3 heteroatoms.